The van der Waals surface area contributed by atoms with E-state index < -0.39 is 0 Å². The van der Waals surface area contributed by atoms with Crippen LogP contribution in [0.3, 0.4) is 0 Å². The number of amides is 2. The standard InChI is InChI=1S/C14H20ClN3O2/c1-9(2)16-7-6-14(20)18-11-4-5-13(12(15)8-11)17-10(3)19/h4-5,8-9,16H,6-7H2,1-3H3,(H,17,19)(H,18,20). The minimum absolute atomic E-state index is 0.0820. The highest BCUT2D eigenvalue weighted by Gasteiger charge is 2.06. The molecule has 5 nitrogen and oxygen atoms in total. The third kappa shape index (κ3) is 6.04. The van der Waals surface area contributed by atoms with Crippen LogP contribution in [0.4, 0.5) is 11.4 Å². The van der Waals surface area contributed by atoms with Crippen LogP contribution in [-0.2, 0) is 9.59 Å². The summed E-state index contributed by atoms with van der Waals surface area (Å²) in [6, 6.07) is 5.33. The second kappa shape index (κ2) is 7.87. The molecule has 0 aromatic heterocycles. The average molecular weight is 298 g/mol. The summed E-state index contributed by atoms with van der Waals surface area (Å²) in [6.07, 6.45) is 0.392. The van der Waals surface area contributed by atoms with E-state index in [9.17, 15) is 9.59 Å². The van der Waals surface area contributed by atoms with Crippen molar-refractivity contribution in [3.8, 4) is 0 Å². The Bertz CT molecular complexity index is 489. The number of halogens is 1. The maximum atomic E-state index is 11.7. The highest BCUT2D eigenvalue weighted by Crippen LogP contribution is 2.25. The number of hydrogen-bond donors (Lipinski definition) is 3. The average Bonchev–Trinajstić information content (AvgIpc) is 2.31. The van der Waals surface area contributed by atoms with Crippen LogP contribution in [0.5, 0.6) is 0 Å². The van der Waals surface area contributed by atoms with Gasteiger partial charge in [-0.1, -0.05) is 25.4 Å². The van der Waals surface area contributed by atoms with Crippen LogP contribution in [-0.4, -0.2) is 24.4 Å². The van der Waals surface area contributed by atoms with Crippen molar-refractivity contribution in [2.24, 2.45) is 0 Å². The van der Waals surface area contributed by atoms with Crippen LogP contribution in [0.15, 0.2) is 18.2 Å². The first-order valence-electron chi connectivity index (χ1n) is 6.49. The van der Waals surface area contributed by atoms with Crippen LogP contribution >= 0.6 is 11.6 Å². The second-order valence-electron chi connectivity index (χ2n) is 4.78. The molecule has 0 spiro atoms. The van der Waals surface area contributed by atoms with E-state index in [1.165, 1.54) is 6.92 Å². The first kappa shape index (κ1) is 16.5. The first-order chi connectivity index (χ1) is 9.38. The molecule has 0 aliphatic rings. The minimum Gasteiger partial charge on any atom is -0.326 e. The van der Waals surface area contributed by atoms with E-state index in [4.69, 9.17) is 11.6 Å². The van der Waals surface area contributed by atoms with Gasteiger partial charge in [0.15, 0.2) is 0 Å². The van der Waals surface area contributed by atoms with E-state index in [1.54, 1.807) is 18.2 Å². The Hall–Kier alpha value is -1.59. The van der Waals surface area contributed by atoms with E-state index in [0.29, 0.717) is 35.4 Å². The summed E-state index contributed by atoms with van der Waals surface area (Å²) in [4.78, 5) is 22.7. The maximum absolute atomic E-state index is 11.7. The highest BCUT2D eigenvalue weighted by molar-refractivity contribution is 6.34. The van der Waals surface area contributed by atoms with Gasteiger partial charge in [0.1, 0.15) is 0 Å². The van der Waals surface area contributed by atoms with Crippen LogP contribution in [0.1, 0.15) is 27.2 Å². The fourth-order valence-corrected chi connectivity index (χ4v) is 1.81. The van der Waals surface area contributed by atoms with Gasteiger partial charge in [0.2, 0.25) is 11.8 Å². The predicted octanol–water partition coefficient (Wildman–Crippen LogP) is 2.62. The molecular formula is C14H20ClN3O2. The van der Waals surface area contributed by atoms with Gasteiger partial charge in [-0.15, -0.1) is 0 Å². The summed E-state index contributed by atoms with van der Waals surface area (Å²) in [5, 5.41) is 8.92. The van der Waals surface area contributed by atoms with Crippen molar-refractivity contribution in [1.82, 2.24) is 5.32 Å². The molecular weight excluding hydrogens is 278 g/mol. The van der Waals surface area contributed by atoms with Crippen molar-refractivity contribution >= 4 is 34.8 Å². The predicted molar refractivity (Wildman–Crippen MR) is 82.1 cm³/mol. The van der Waals surface area contributed by atoms with Crippen molar-refractivity contribution in [1.29, 1.82) is 0 Å². The molecule has 0 radical (unpaired) electrons. The van der Waals surface area contributed by atoms with Crippen LogP contribution < -0.4 is 16.0 Å². The fraction of sp³-hybridized carbons (Fsp3) is 0.429. The topological polar surface area (TPSA) is 70.2 Å². The molecule has 0 bridgehead atoms. The lowest BCUT2D eigenvalue weighted by molar-refractivity contribution is -0.116. The van der Waals surface area contributed by atoms with Gasteiger partial charge in [0.05, 0.1) is 10.7 Å². The van der Waals surface area contributed by atoms with E-state index in [-0.39, 0.29) is 11.8 Å². The smallest absolute Gasteiger partial charge is 0.225 e. The molecule has 0 atom stereocenters. The van der Waals surface area contributed by atoms with Gasteiger partial charge in [0, 0.05) is 31.6 Å². The highest BCUT2D eigenvalue weighted by atomic mass is 35.5. The van der Waals surface area contributed by atoms with Crippen molar-refractivity contribution in [3.63, 3.8) is 0 Å². The van der Waals surface area contributed by atoms with Gasteiger partial charge < -0.3 is 16.0 Å². The zero-order chi connectivity index (χ0) is 15.1. The summed E-state index contributed by atoms with van der Waals surface area (Å²) < 4.78 is 0. The molecule has 3 N–H and O–H groups in total. The van der Waals surface area contributed by atoms with Gasteiger partial charge in [0.25, 0.3) is 0 Å². The lowest BCUT2D eigenvalue weighted by Crippen LogP contribution is -2.27. The molecule has 1 aromatic carbocycles. The van der Waals surface area contributed by atoms with E-state index in [2.05, 4.69) is 16.0 Å². The Morgan fingerprint density at radius 2 is 1.95 bits per heavy atom. The van der Waals surface area contributed by atoms with Gasteiger partial charge in [-0.25, -0.2) is 0 Å². The molecule has 110 valence electrons. The Balaban J connectivity index is 2.54. The van der Waals surface area contributed by atoms with E-state index >= 15 is 0 Å². The molecule has 20 heavy (non-hydrogen) atoms. The quantitative estimate of drug-likeness (QED) is 0.756. The van der Waals surface area contributed by atoms with Gasteiger partial charge in [-0.3, -0.25) is 9.59 Å². The summed E-state index contributed by atoms with van der Waals surface area (Å²) >= 11 is 6.02. The third-order valence-corrected chi connectivity index (χ3v) is 2.78. The van der Waals surface area contributed by atoms with Crippen molar-refractivity contribution in [2.75, 3.05) is 17.2 Å². The Morgan fingerprint density at radius 3 is 2.50 bits per heavy atom. The Morgan fingerprint density at radius 1 is 1.25 bits per heavy atom. The van der Waals surface area contributed by atoms with Crippen molar-refractivity contribution in [2.45, 2.75) is 33.2 Å². The summed E-state index contributed by atoms with van der Waals surface area (Å²) in [5.74, 6) is -0.273. The molecule has 0 saturated carbocycles. The molecule has 0 heterocycles. The maximum Gasteiger partial charge on any atom is 0.225 e. The molecule has 1 aromatic rings. The number of anilines is 2. The largest absolute Gasteiger partial charge is 0.326 e. The van der Waals surface area contributed by atoms with Crippen LogP contribution in [0, 0.1) is 0 Å². The Labute approximate surface area is 124 Å². The molecule has 1 rings (SSSR count). The molecule has 0 aliphatic carbocycles. The number of nitrogens with one attached hydrogen (secondary N) is 3. The third-order valence-electron chi connectivity index (χ3n) is 2.47. The summed E-state index contributed by atoms with van der Waals surface area (Å²) in [7, 11) is 0. The molecule has 0 fully saturated rings. The summed E-state index contributed by atoms with van der Waals surface area (Å²) in [5.41, 5.74) is 1.14. The molecule has 2 amide bonds. The van der Waals surface area contributed by atoms with Crippen LogP contribution in [0.25, 0.3) is 0 Å². The van der Waals surface area contributed by atoms with E-state index in [0.717, 1.165) is 0 Å². The second-order valence-corrected chi connectivity index (χ2v) is 5.19. The molecule has 0 unspecified atom stereocenters. The van der Waals surface area contributed by atoms with Crippen LogP contribution in [0.2, 0.25) is 5.02 Å². The van der Waals surface area contributed by atoms with Gasteiger partial charge in [-0.05, 0) is 18.2 Å². The number of carbonyl (C=O) groups excluding carboxylic acids is 2. The molecule has 6 heteroatoms. The SMILES string of the molecule is CC(=O)Nc1ccc(NC(=O)CCNC(C)C)cc1Cl. The monoisotopic (exact) mass is 297 g/mol. The molecule has 0 aliphatic heterocycles. The summed E-state index contributed by atoms with van der Waals surface area (Å²) in [6.45, 7) is 6.09. The lowest BCUT2D eigenvalue weighted by Gasteiger charge is -2.10. The molecule has 0 saturated heterocycles. The van der Waals surface area contributed by atoms with Gasteiger partial charge in [-0.2, -0.15) is 0 Å². The number of rotatable bonds is 6. The number of hydrogen-bond acceptors (Lipinski definition) is 3. The van der Waals surface area contributed by atoms with Crippen molar-refractivity contribution in [3.05, 3.63) is 23.2 Å². The Kier molecular flexibility index (Phi) is 6.48. The normalized spacial score (nSPS) is 10.4. The lowest BCUT2D eigenvalue weighted by atomic mass is 10.2. The minimum atomic E-state index is -0.191. The zero-order valence-electron chi connectivity index (χ0n) is 11.9. The van der Waals surface area contributed by atoms with Crippen molar-refractivity contribution < 1.29 is 9.59 Å². The number of carbonyl (C=O) groups is 2. The number of benzene rings is 1. The zero-order valence-corrected chi connectivity index (χ0v) is 12.7. The van der Waals surface area contributed by atoms with Gasteiger partial charge >= 0.3 is 0 Å². The first-order valence-corrected chi connectivity index (χ1v) is 6.86. The van der Waals surface area contributed by atoms with E-state index in [1.807, 2.05) is 13.8 Å². The fourth-order valence-electron chi connectivity index (χ4n) is 1.58.